The Morgan fingerprint density at radius 2 is 2.09 bits per heavy atom. The molecular weight excluding hydrogens is 301 g/mol. The second kappa shape index (κ2) is 9.78. The molecule has 0 bridgehead atoms. The fourth-order valence-corrected chi connectivity index (χ4v) is 2.10. The molecule has 2 amide bonds. The van der Waals surface area contributed by atoms with Crippen LogP contribution in [-0.2, 0) is 9.59 Å². The minimum absolute atomic E-state index is 0.0470. The van der Waals surface area contributed by atoms with E-state index in [0.717, 1.165) is 0 Å². The summed E-state index contributed by atoms with van der Waals surface area (Å²) in [5, 5.41) is 2.69. The average Bonchev–Trinajstić information content (AvgIpc) is 2.42. The Labute approximate surface area is 135 Å². The highest BCUT2D eigenvalue weighted by atomic mass is 19.1. The van der Waals surface area contributed by atoms with E-state index in [1.165, 1.54) is 12.1 Å². The number of hydrogen-bond acceptors (Lipinski definition) is 4. The van der Waals surface area contributed by atoms with Crippen LogP contribution in [0, 0.1) is 11.7 Å². The van der Waals surface area contributed by atoms with Crippen LogP contribution in [0.3, 0.4) is 0 Å². The largest absolute Gasteiger partial charge is 0.492 e. The molecule has 0 fully saturated rings. The zero-order chi connectivity index (χ0) is 17.2. The maximum Gasteiger partial charge on any atom is 0.234 e. The molecule has 6 nitrogen and oxygen atoms in total. The lowest BCUT2D eigenvalue weighted by molar-refractivity contribution is -0.124. The van der Waals surface area contributed by atoms with Crippen molar-refractivity contribution in [3.63, 3.8) is 0 Å². The zero-order valence-corrected chi connectivity index (χ0v) is 13.5. The van der Waals surface area contributed by atoms with Crippen LogP contribution >= 0.6 is 0 Å². The van der Waals surface area contributed by atoms with Gasteiger partial charge in [-0.2, -0.15) is 0 Å². The van der Waals surface area contributed by atoms with Gasteiger partial charge >= 0.3 is 0 Å². The lowest BCUT2D eigenvalue weighted by atomic mass is 10.2. The van der Waals surface area contributed by atoms with E-state index in [2.05, 4.69) is 5.32 Å². The molecule has 0 heterocycles. The van der Waals surface area contributed by atoms with Gasteiger partial charge in [-0.3, -0.25) is 14.5 Å². The normalized spacial score (nSPS) is 10.8. The van der Waals surface area contributed by atoms with Crippen molar-refractivity contribution in [2.45, 2.75) is 13.8 Å². The third kappa shape index (κ3) is 8.77. The van der Waals surface area contributed by atoms with Gasteiger partial charge in [0.25, 0.3) is 0 Å². The number of amides is 2. The number of carbonyl (C=O) groups is 2. The van der Waals surface area contributed by atoms with E-state index < -0.39 is 5.91 Å². The van der Waals surface area contributed by atoms with Crippen LogP contribution in [0.25, 0.3) is 0 Å². The summed E-state index contributed by atoms with van der Waals surface area (Å²) in [5.41, 5.74) is 5.18. The molecule has 0 aliphatic rings. The first-order chi connectivity index (χ1) is 10.9. The Bertz CT molecular complexity index is 523. The molecule has 0 atom stereocenters. The molecule has 1 aromatic carbocycles. The van der Waals surface area contributed by atoms with E-state index in [1.807, 2.05) is 13.8 Å². The number of nitrogens with one attached hydrogen (secondary N) is 1. The molecule has 0 radical (unpaired) electrons. The SMILES string of the molecule is CC(C)CN(CC(N)=O)CC(=O)NCCOc1cccc(F)c1. The van der Waals surface area contributed by atoms with Crippen molar-refractivity contribution in [1.82, 2.24) is 10.2 Å². The molecule has 0 spiro atoms. The van der Waals surface area contributed by atoms with Crippen molar-refractivity contribution in [2.24, 2.45) is 11.7 Å². The topological polar surface area (TPSA) is 84.7 Å². The smallest absolute Gasteiger partial charge is 0.234 e. The Balaban J connectivity index is 2.30. The molecule has 0 unspecified atom stereocenters. The van der Waals surface area contributed by atoms with Crippen molar-refractivity contribution in [3.05, 3.63) is 30.1 Å². The van der Waals surface area contributed by atoms with Gasteiger partial charge in [-0.15, -0.1) is 0 Å². The highest BCUT2D eigenvalue weighted by Gasteiger charge is 2.14. The van der Waals surface area contributed by atoms with Gasteiger partial charge in [0.2, 0.25) is 11.8 Å². The number of benzene rings is 1. The number of primary amides is 1. The van der Waals surface area contributed by atoms with Crippen molar-refractivity contribution in [1.29, 1.82) is 0 Å². The molecule has 7 heteroatoms. The van der Waals surface area contributed by atoms with Crippen molar-refractivity contribution < 1.29 is 18.7 Å². The first kappa shape index (κ1) is 18.9. The van der Waals surface area contributed by atoms with Crippen LogP contribution in [0.15, 0.2) is 24.3 Å². The van der Waals surface area contributed by atoms with Crippen LogP contribution in [0.1, 0.15) is 13.8 Å². The Kier molecular flexibility index (Phi) is 8.04. The molecule has 0 saturated carbocycles. The van der Waals surface area contributed by atoms with E-state index in [4.69, 9.17) is 10.5 Å². The third-order valence-electron chi connectivity index (χ3n) is 2.86. The quantitative estimate of drug-likeness (QED) is 0.622. The van der Waals surface area contributed by atoms with Gasteiger partial charge in [-0.25, -0.2) is 4.39 Å². The molecular formula is C16H24FN3O3. The van der Waals surface area contributed by atoms with Crippen LogP contribution in [0.2, 0.25) is 0 Å². The Morgan fingerprint density at radius 1 is 1.35 bits per heavy atom. The summed E-state index contributed by atoms with van der Waals surface area (Å²) >= 11 is 0. The van der Waals surface area contributed by atoms with Crippen LogP contribution in [-0.4, -0.2) is 49.5 Å². The summed E-state index contributed by atoms with van der Waals surface area (Å²) in [6.07, 6.45) is 0. The summed E-state index contributed by atoms with van der Waals surface area (Å²) in [7, 11) is 0. The first-order valence-corrected chi connectivity index (χ1v) is 7.52. The van der Waals surface area contributed by atoms with Gasteiger partial charge in [0.05, 0.1) is 19.6 Å². The van der Waals surface area contributed by atoms with Gasteiger partial charge in [0.15, 0.2) is 0 Å². The highest BCUT2D eigenvalue weighted by molar-refractivity contribution is 5.80. The number of carbonyl (C=O) groups excluding carboxylic acids is 2. The lowest BCUT2D eigenvalue weighted by Gasteiger charge is -2.22. The summed E-state index contributed by atoms with van der Waals surface area (Å²) in [6.45, 7) is 5.27. The number of rotatable bonds is 10. The predicted octanol–water partition coefficient (Wildman–Crippen LogP) is 0.764. The summed E-state index contributed by atoms with van der Waals surface area (Å²) in [5.74, 6) is -0.321. The first-order valence-electron chi connectivity index (χ1n) is 7.52. The molecule has 0 aliphatic carbocycles. The molecule has 1 aromatic rings. The minimum atomic E-state index is -0.465. The van der Waals surface area contributed by atoms with Gasteiger partial charge < -0.3 is 15.8 Å². The van der Waals surface area contributed by atoms with E-state index in [1.54, 1.807) is 17.0 Å². The molecule has 23 heavy (non-hydrogen) atoms. The number of hydrogen-bond donors (Lipinski definition) is 2. The van der Waals surface area contributed by atoms with Crippen LogP contribution < -0.4 is 15.8 Å². The second-order valence-electron chi connectivity index (χ2n) is 5.69. The third-order valence-corrected chi connectivity index (χ3v) is 2.86. The highest BCUT2D eigenvalue weighted by Crippen LogP contribution is 2.11. The van der Waals surface area contributed by atoms with E-state index in [9.17, 15) is 14.0 Å². The summed E-state index contributed by atoms with van der Waals surface area (Å²) in [4.78, 5) is 24.6. The van der Waals surface area contributed by atoms with Crippen molar-refractivity contribution in [2.75, 3.05) is 32.8 Å². The maximum atomic E-state index is 13.0. The van der Waals surface area contributed by atoms with Crippen molar-refractivity contribution >= 4 is 11.8 Å². The zero-order valence-electron chi connectivity index (χ0n) is 13.5. The molecule has 0 saturated heterocycles. The van der Waals surface area contributed by atoms with Gasteiger partial charge in [-0.05, 0) is 18.1 Å². The Hall–Kier alpha value is -2.15. The van der Waals surface area contributed by atoms with E-state index >= 15 is 0 Å². The molecule has 0 aliphatic heterocycles. The van der Waals surface area contributed by atoms with Crippen molar-refractivity contribution in [3.8, 4) is 5.75 Å². The van der Waals surface area contributed by atoms with Crippen LogP contribution in [0.5, 0.6) is 5.75 Å². The molecule has 0 aromatic heterocycles. The minimum Gasteiger partial charge on any atom is -0.492 e. The number of halogens is 1. The van der Waals surface area contributed by atoms with Gasteiger partial charge in [0.1, 0.15) is 18.2 Å². The maximum absolute atomic E-state index is 13.0. The van der Waals surface area contributed by atoms with Gasteiger partial charge in [0, 0.05) is 12.6 Å². The summed E-state index contributed by atoms with van der Waals surface area (Å²) < 4.78 is 18.3. The predicted molar refractivity (Wildman–Crippen MR) is 85.4 cm³/mol. The van der Waals surface area contributed by atoms with Gasteiger partial charge in [-0.1, -0.05) is 19.9 Å². The number of nitrogens with two attached hydrogens (primary N) is 1. The number of nitrogens with zero attached hydrogens (tertiary/aromatic N) is 1. The molecule has 128 valence electrons. The Morgan fingerprint density at radius 3 is 2.70 bits per heavy atom. The van der Waals surface area contributed by atoms with Crippen LogP contribution in [0.4, 0.5) is 4.39 Å². The van der Waals surface area contributed by atoms with E-state index in [-0.39, 0.29) is 31.4 Å². The standard InChI is InChI=1S/C16H24FN3O3/c1-12(2)9-20(10-15(18)21)11-16(22)19-6-7-23-14-5-3-4-13(17)8-14/h3-5,8,12H,6-7,9-11H2,1-2H3,(H2,18,21)(H,19,22). The van der Waals surface area contributed by atoms with E-state index in [0.29, 0.717) is 24.8 Å². The fraction of sp³-hybridized carbons (Fsp3) is 0.500. The average molecular weight is 325 g/mol. The monoisotopic (exact) mass is 325 g/mol. The molecule has 1 rings (SSSR count). The lowest BCUT2D eigenvalue weighted by Crippen LogP contribution is -2.43. The molecule has 3 N–H and O–H groups in total. The number of ether oxygens (including phenoxy) is 1. The summed E-state index contributed by atoms with van der Waals surface area (Å²) in [6, 6.07) is 5.80. The second-order valence-corrected chi connectivity index (χ2v) is 5.69. The fourth-order valence-electron chi connectivity index (χ4n) is 2.10.